The topological polar surface area (TPSA) is 57.6 Å². The zero-order chi connectivity index (χ0) is 13.3. The molecule has 1 aliphatic rings. The third-order valence-electron chi connectivity index (χ3n) is 3.00. The maximum Gasteiger partial charge on any atom is 0.331 e. The highest BCUT2D eigenvalue weighted by molar-refractivity contribution is 6.30. The fraction of sp³-hybridized carbons (Fsp3) is 0.385. The highest BCUT2D eigenvalue weighted by Crippen LogP contribution is 2.35. The Morgan fingerprint density at radius 1 is 1.33 bits per heavy atom. The molecule has 0 aromatic heterocycles. The normalized spacial score (nSPS) is 16.1. The Kier molecular flexibility index (Phi) is 3.57. The number of hydrogen-bond donors (Lipinski definition) is 1. The van der Waals surface area contributed by atoms with Gasteiger partial charge < -0.3 is 10.0 Å². The van der Waals surface area contributed by atoms with E-state index in [1.807, 2.05) is 0 Å². The quantitative estimate of drug-likeness (QED) is 0.912. The van der Waals surface area contributed by atoms with Crippen LogP contribution in [0.2, 0.25) is 5.02 Å². The number of hydrogen-bond acceptors (Lipinski definition) is 2. The smallest absolute Gasteiger partial charge is 0.331 e. The molecule has 1 atom stereocenters. The molecule has 1 aromatic carbocycles. The Morgan fingerprint density at radius 2 is 1.89 bits per heavy atom. The van der Waals surface area contributed by atoms with Gasteiger partial charge in [0.05, 0.1) is 0 Å². The zero-order valence-electron chi connectivity index (χ0n) is 9.97. The minimum atomic E-state index is -1.01. The van der Waals surface area contributed by atoms with E-state index in [1.54, 1.807) is 24.3 Å². The van der Waals surface area contributed by atoms with Crippen molar-refractivity contribution in [3.05, 3.63) is 34.9 Å². The first kappa shape index (κ1) is 12.9. The van der Waals surface area contributed by atoms with Crippen molar-refractivity contribution in [2.45, 2.75) is 31.8 Å². The number of nitrogens with zero attached hydrogens (tertiary/aromatic N) is 1. The Balaban J connectivity index is 2.35. The van der Waals surface area contributed by atoms with Crippen molar-refractivity contribution in [1.29, 1.82) is 0 Å². The van der Waals surface area contributed by atoms with E-state index in [0.29, 0.717) is 10.6 Å². The van der Waals surface area contributed by atoms with Crippen LogP contribution in [-0.4, -0.2) is 27.9 Å². The van der Waals surface area contributed by atoms with E-state index >= 15 is 0 Å². The van der Waals surface area contributed by atoms with Gasteiger partial charge in [-0.05, 0) is 30.5 Å². The molecule has 1 saturated carbocycles. The van der Waals surface area contributed by atoms with Gasteiger partial charge in [0.25, 0.3) is 0 Å². The molecule has 0 radical (unpaired) electrons. The summed E-state index contributed by atoms with van der Waals surface area (Å²) in [5, 5.41) is 9.91. The van der Waals surface area contributed by atoms with Gasteiger partial charge in [0.15, 0.2) is 6.04 Å². The van der Waals surface area contributed by atoms with Crippen LogP contribution in [0, 0.1) is 0 Å². The minimum Gasteiger partial charge on any atom is -0.479 e. The van der Waals surface area contributed by atoms with E-state index in [4.69, 9.17) is 11.6 Å². The van der Waals surface area contributed by atoms with E-state index in [-0.39, 0.29) is 11.9 Å². The lowest BCUT2D eigenvalue weighted by Gasteiger charge is -2.28. The fourth-order valence-corrected chi connectivity index (χ4v) is 2.20. The summed E-state index contributed by atoms with van der Waals surface area (Å²) in [5.74, 6) is -1.22. The molecular weight excluding hydrogens is 254 g/mol. The Labute approximate surface area is 110 Å². The second-order valence-corrected chi connectivity index (χ2v) is 4.89. The monoisotopic (exact) mass is 267 g/mol. The van der Waals surface area contributed by atoms with Gasteiger partial charge in [-0.1, -0.05) is 23.7 Å². The average molecular weight is 268 g/mol. The van der Waals surface area contributed by atoms with E-state index in [1.165, 1.54) is 11.8 Å². The first-order valence-electron chi connectivity index (χ1n) is 5.78. The van der Waals surface area contributed by atoms with Crippen molar-refractivity contribution in [2.75, 3.05) is 0 Å². The summed E-state index contributed by atoms with van der Waals surface area (Å²) in [5.41, 5.74) is 0.578. The van der Waals surface area contributed by atoms with Gasteiger partial charge in [0.1, 0.15) is 0 Å². The van der Waals surface area contributed by atoms with Crippen LogP contribution < -0.4 is 0 Å². The molecule has 5 heteroatoms. The van der Waals surface area contributed by atoms with Gasteiger partial charge in [-0.2, -0.15) is 0 Å². The summed E-state index contributed by atoms with van der Waals surface area (Å²) in [6.45, 7) is 1.41. The van der Waals surface area contributed by atoms with Crippen LogP contribution in [-0.2, 0) is 9.59 Å². The maximum atomic E-state index is 11.6. The number of carboxylic acids is 1. The van der Waals surface area contributed by atoms with Crippen LogP contribution in [0.15, 0.2) is 24.3 Å². The van der Waals surface area contributed by atoms with Gasteiger partial charge in [0, 0.05) is 18.0 Å². The third kappa shape index (κ3) is 2.64. The molecule has 0 heterocycles. The van der Waals surface area contributed by atoms with Crippen molar-refractivity contribution in [1.82, 2.24) is 4.90 Å². The Morgan fingerprint density at radius 3 is 2.28 bits per heavy atom. The molecule has 1 unspecified atom stereocenters. The van der Waals surface area contributed by atoms with Crippen LogP contribution >= 0.6 is 11.6 Å². The predicted octanol–water partition coefficient (Wildman–Crippen LogP) is 2.48. The SMILES string of the molecule is CC(=O)N(C1CC1)C(C(=O)O)c1ccc(Cl)cc1. The van der Waals surface area contributed by atoms with Crippen LogP contribution in [0.4, 0.5) is 0 Å². The molecule has 0 saturated heterocycles. The lowest BCUT2D eigenvalue weighted by molar-refractivity contribution is -0.150. The molecule has 18 heavy (non-hydrogen) atoms. The van der Waals surface area contributed by atoms with E-state index in [9.17, 15) is 14.7 Å². The van der Waals surface area contributed by atoms with Gasteiger partial charge in [-0.3, -0.25) is 4.79 Å². The Hall–Kier alpha value is -1.55. The maximum absolute atomic E-state index is 11.6. The summed E-state index contributed by atoms with van der Waals surface area (Å²) in [6.07, 6.45) is 1.74. The zero-order valence-corrected chi connectivity index (χ0v) is 10.7. The standard InChI is InChI=1S/C13H14ClNO3/c1-8(16)15(11-6-7-11)12(13(17)18)9-2-4-10(14)5-3-9/h2-5,11-12H,6-7H2,1H3,(H,17,18). The van der Waals surface area contributed by atoms with Crippen LogP contribution in [0.5, 0.6) is 0 Å². The van der Waals surface area contributed by atoms with E-state index in [0.717, 1.165) is 12.8 Å². The Bertz CT molecular complexity index is 468. The minimum absolute atomic E-state index is 0.0549. The number of benzene rings is 1. The van der Waals surface area contributed by atoms with Crippen molar-refractivity contribution >= 4 is 23.5 Å². The molecule has 2 rings (SSSR count). The highest BCUT2D eigenvalue weighted by Gasteiger charge is 2.39. The number of rotatable bonds is 4. The summed E-state index contributed by atoms with van der Waals surface area (Å²) in [7, 11) is 0. The average Bonchev–Trinajstić information content (AvgIpc) is 3.10. The van der Waals surface area contributed by atoms with Crippen LogP contribution in [0.1, 0.15) is 31.4 Å². The molecular formula is C13H14ClNO3. The van der Waals surface area contributed by atoms with Gasteiger partial charge in [0.2, 0.25) is 5.91 Å². The van der Waals surface area contributed by atoms with Crippen molar-refractivity contribution < 1.29 is 14.7 Å². The highest BCUT2D eigenvalue weighted by atomic mass is 35.5. The number of amides is 1. The number of aliphatic carboxylic acids is 1. The predicted molar refractivity (Wildman–Crippen MR) is 67.4 cm³/mol. The number of carbonyl (C=O) groups excluding carboxylic acids is 1. The van der Waals surface area contributed by atoms with Gasteiger partial charge in [-0.15, -0.1) is 0 Å². The first-order chi connectivity index (χ1) is 8.50. The molecule has 4 nitrogen and oxygen atoms in total. The van der Waals surface area contributed by atoms with Crippen molar-refractivity contribution in [3.8, 4) is 0 Å². The molecule has 1 fully saturated rings. The number of carbonyl (C=O) groups is 2. The number of halogens is 1. The largest absolute Gasteiger partial charge is 0.479 e. The summed E-state index contributed by atoms with van der Waals surface area (Å²) in [4.78, 5) is 24.5. The molecule has 1 aromatic rings. The van der Waals surface area contributed by atoms with Crippen LogP contribution in [0.3, 0.4) is 0 Å². The molecule has 0 aliphatic heterocycles. The lowest BCUT2D eigenvalue weighted by Crippen LogP contribution is -2.39. The molecule has 0 spiro atoms. The molecule has 1 N–H and O–H groups in total. The lowest BCUT2D eigenvalue weighted by atomic mass is 10.1. The van der Waals surface area contributed by atoms with Crippen molar-refractivity contribution in [3.63, 3.8) is 0 Å². The summed E-state index contributed by atoms with van der Waals surface area (Å²) < 4.78 is 0. The third-order valence-corrected chi connectivity index (χ3v) is 3.25. The van der Waals surface area contributed by atoms with Gasteiger partial charge >= 0.3 is 5.97 Å². The fourth-order valence-electron chi connectivity index (χ4n) is 2.07. The molecule has 96 valence electrons. The number of carboxylic acid groups (broad SMARTS) is 1. The van der Waals surface area contributed by atoms with Crippen LogP contribution in [0.25, 0.3) is 0 Å². The first-order valence-corrected chi connectivity index (χ1v) is 6.15. The second-order valence-electron chi connectivity index (χ2n) is 4.45. The summed E-state index contributed by atoms with van der Waals surface area (Å²) >= 11 is 5.78. The van der Waals surface area contributed by atoms with Crippen molar-refractivity contribution in [2.24, 2.45) is 0 Å². The van der Waals surface area contributed by atoms with Gasteiger partial charge in [-0.25, -0.2) is 4.79 Å². The van der Waals surface area contributed by atoms with E-state index in [2.05, 4.69) is 0 Å². The second kappa shape index (κ2) is 4.98. The molecule has 1 amide bonds. The molecule has 0 bridgehead atoms. The van der Waals surface area contributed by atoms with E-state index < -0.39 is 12.0 Å². The molecule has 1 aliphatic carbocycles. The summed E-state index contributed by atoms with van der Waals surface area (Å²) in [6, 6.07) is 5.71.